The Hall–Kier alpha value is -4.74. The fraction of sp³-hybridized carbons (Fsp3) is 0.0870. The number of hydrogen-bond donors (Lipinski definition) is 2. The summed E-state index contributed by atoms with van der Waals surface area (Å²) in [4.78, 5) is 29.7. The van der Waals surface area contributed by atoms with E-state index in [1.165, 1.54) is 41.4 Å². The second-order valence-electron chi connectivity index (χ2n) is 7.61. The van der Waals surface area contributed by atoms with Crippen molar-refractivity contribution in [1.82, 2.24) is 24.9 Å². The summed E-state index contributed by atoms with van der Waals surface area (Å²) in [6.07, 6.45) is -0.871. The summed E-state index contributed by atoms with van der Waals surface area (Å²) in [6, 6.07) is 12.5. The highest BCUT2D eigenvalue weighted by Gasteiger charge is 2.36. The first-order chi connectivity index (χ1) is 16.8. The number of carbonyl (C=O) groups excluding carboxylic acids is 1. The topological polar surface area (TPSA) is 119 Å². The highest BCUT2D eigenvalue weighted by atomic mass is 19.4. The Kier molecular flexibility index (Phi) is 5.40. The lowest BCUT2D eigenvalue weighted by Crippen LogP contribution is -2.21. The van der Waals surface area contributed by atoms with Gasteiger partial charge in [0.1, 0.15) is 12.0 Å². The first-order valence-electron chi connectivity index (χ1n) is 10.2. The number of fused-ring (bicyclic) bond motifs is 1. The van der Waals surface area contributed by atoms with E-state index in [1.807, 2.05) is 5.10 Å². The average molecular weight is 480 g/mol. The van der Waals surface area contributed by atoms with Crippen molar-refractivity contribution in [2.75, 3.05) is 5.32 Å². The molecule has 2 aromatic carbocycles. The van der Waals surface area contributed by atoms with Gasteiger partial charge in [-0.25, -0.2) is 4.98 Å². The number of benzene rings is 2. The van der Waals surface area contributed by atoms with Gasteiger partial charge in [-0.1, -0.05) is 23.4 Å². The number of hydrogen-bond acceptors (Lipinski definition) is 6. The molecule has 35 heavy (non-hydrogen) atoms. The number of aromatic nitrogens is 5. The Balaban J connectivity index is 1.42. The average Bonchev–Trinajstić information content (AvgIpc) is 3.53. The molecule has 176 valence electrons. The van der Waals surface area contributed by atoms with Crippen molar-refractivity contribution in [2.24, 2.45) is 0 Å². The molecule has 12 heteroatoms. The minimum absolute atomic E-state index is 0.133. The van der Waals surface area contributed by atoms with Gasteiger partial charge in [-0.05, 0) is 35.4 Å². The first-order valence-corrected chi connectivity index (χ1v) is 10.2. The van der Waals surface area contributed by atoms with Crippen LogP contribution in [-0.4, -0.2) is 30.8 Å². The van der Waals surface area contributed by atoms with E-state index in [0.29, 0.717) is 11.1 Å². The Labute approximate surface area is 194 Å². The zero-order valence-corrected chi connectivity index (χ0v) is 17.7. The quantitative estimate of drug-likeness (QED) is 0.391. The fourth-order valence-corrected chi connectivity index (χ4v) is 3.63. The Morgan fingerprint density at radius 1 is 1.14 bits per heavy atom. The minimum atomic E-state index is -4.60. The summed E-state index contributed by atoms with van der Waals surface area (Å²) in [5.41, 5.74) is 0.0299. The number of alkyl halides is 3. The van der Waals surface area contributed by atoms with E-state index in [9.17, 15) is 22.8 Å². The second kappa shape index (κ2) is 8.56. The molecule has 0 aliphatic heterocycles. The van der Waals surface area contributed by atoms with Crippen LogP contribution in [0.3, 0.4) is 0 Å². The highest BCUT2D eigenvalue weighted by molar-refractivity contribution is 6.03. The molecule has 0 unspecified atom stereocenters. The molecule has 9 nitrogen and oxygen atoms in total. The van der Waals surface area contributed by atoms with Crippen LogP contribution in [0.25, 0.3) is 22.0 Å². The van der Waals surface area contributed by atoms with Gasteiger partial charge in [0.15, 0.2) is 5.82 Å². The zero-order valence-electron chi connectivity index (χ0n) is 17.7. The predicted molar refractivity (Wildman–Crippen MR) is 119 cm³/mol. The molecule has 0 fully saturated rings. The van der Waals surface area contributed by atoms with Gasteiger partial charge in [-0.3, -0.25) is 19.3 Å². The van der Waals surface area contributed by atoms with Crippen molar-refractivity contribution in [3.8, 4) is 11.1 Å². The predicted octanol–water partition coefficient (Wildman–Crippen LogP) is 4.09. The third kappa shape index (κ3) is 4.40. The molecule has 3 heterocycles. The van der Waals surface area contributed by atoms with Gasteiger partial charge < -0.3 is 9.84 Å². The number of H-pyrrole nitrogens is 1. The fourth-order valence-electron chi connectivity index (χ4n) is 3.63. The van der Waals surface area contributed by atoms with Crippen LogP contribution < -0.4 is 10.9 Å². The van der Waals surface area contributed by atoms with Crippen molar-refractivity contribution in [2.45, 2.75) is 12.7 Å². The number of aromatic amines is 1. The van der Waals surface area contributed by atoms with Gasteiger partial charge in [-0.2, -0.15) is 18.3 Å². The molecule has 0 saturated heterocycles. The van der Waals surface area contributed by atoms with Crippen LogP contribution in [0.5, 0.6) is 0 Å². The van der Waals surface area contributed by atoms with Crippen LogP contribution in [0, 0.1) is 0 Å². The number of nitrogens with one attached hydrogen (secondary N) is 2. The van der Waals surface area contributed by atoms with E-state index in [0.717, 1.165) is 6.20 Å². The molecule has 5 aromatic rings. The lowest BCUT2D eigenvalue weighted by Gasteiger charge is -2.10. The van der Waals surface area contributed by atoms with Crippen LogP contribution in [0.15, 0.2) is 76.6 Å². The summed E-state index contributed by atoms with van der Waals surface area (Å²) in [6.45, 7) is 0.133. The maximum atomic E-state index is 13.2. The molecular formula is C23H15F3N6O3. The van der Waals surface area contributed by atoms with Crippen LogP contribution in [0.1, 0.15) is 21.6 Å². The molecular weight excluding hydrogens is 465 g/mol. The molecule has 5 rings (SSSR count). The molecule has 0 radical (unpaired) electrons. The van der Waals surface area contributed by atoms with Gasteiger partial charge in [0.25, 0.3) is 11.5 Å². The maximum Gasteiger partial charge on any atom is 0.433 e. The van der Waals surface area contributed by atoms with E-state index in [4.69, 9.17) is 0 Å². The highest BCUT2D eigenvalue weighted by Crippen LogP contribution is 2.35. The van der Waals surface area contributed by atoms with Crippen molar-refractivity contribution in [1.29, 1.82) is 0 Å². The molecule has 2 N–H and O–H groups in total. The standard InChI is InChI=1S/C23H15F3N6O3/c24-23(25,26)20-17(10-28-30-20)14-4-5-16-18(9-14)27-12-32(22(16)34)11-13-2-1-3-15(8-13)21(33)29-19-6-7-35-31-19/h1-10,12H,11H2,(H,28,30)(H,29,31,33). The number of anilines is 1. The minimum Gasteiger partial charge on any atom is -0.363 e. The van der Waals surface area contributed by atoms with Crippen molar-refractivity contribution >= 4 is 22.6 Å². The van der Waals surface area contributed by atoms with Gasteiger partial charge in [0.05, 0.1) is 30.0 Å². The van der Waals surface area contributed by atoms with Gasteiger partial charge in [0.2, 0.25) is 0 Å². The van der Waals surface area contributed by atoms with Crippen LogP contribution >= 0.6 is 0 Å². The number of halogens is 3. The summed E-state index contributed by atoms with van der Waals surface area (Å²) in [5, 5.41) is 11.9. The van der Waals surface area contributed by atoms with Gasteiger partial charge >= 0.3 is 6.18 Å². The number of carbonyl (C=O) groups is 1. The molecule has 0 bridgehead atoms. The van der Waals surface area contributed by atoms with E-state index in [1.54, 1.807) is 24.3 Å². The van der Waals surface area contributed by atoms with E-state index >= 15 is 0 Å². The summed E-state index contributed by atoms with van der Waals surface area (Å²) in [5.74, 6) is -0.123. The molecule has 0 saturated carbocycles. The largest absolute Gasteiger partial charge is 0.433 e. The van der Waals surface area contributed by atoms with E-state index in [2.05, 4.69) is 25.1 Å². The lowest BCUT2D eigenvalue weighted by atomic mass is 10.0. The Morgan fingerprint density at radius 3 is 2.77 bits per heavy atom. The molecule has 0 aliphatic rings. The van der Waals surface area contributed by atoms with Crippen molar-refractivity contribution < 1.29 is 22.5 Å². The van der Waals surface area contributed by atoms with Crippen LogP contribution in [-0.2, 0) is 12.7 Å². The summed E-state index contributed by atoms with van der Waals surface area (Å²) in [7, 11) is 0. The molecule has 1 amide bonds. The summed E-state index contributed by atoms with van der Waals surface area (Å²) < 4.78 is 45.7. The SMILES string of the molecule is O=C(Nc1ccon1)c1cccc(Cn2cnc3cc(-c4cn[nH]c4C(F)(F)F)ccc3c2=O)c1. The molecule has 3 aromatic heterocycles. The smallest absolute Gasteiger partial charge is 0.363 e. The van der Waals surface area contributed by atoms with Crippen molar-refractivity contribution in [3.63, 3.8) is 0 Å². The van der Waals surface area contributed by atoms with Gasteiger partial charge in [0, 0.05) is 17.2 Å². The van der Waals surface area contributed by atoms with Crippen LogP contribution in [0.4, 0.5) is 19.0 Å². The third-order valence-electron chi connectivity index (χ3n) is 5.28. The zero-order chi connectivity index (χ0) is 24.6. The lowest BCUT2D eigenvalue weighted by molar-refractivity contribution is -0.140. The van der Waals surface area contributed by atoms with Crippen LogP contribution in [0.2, 0.25) is 0 Å². The van der Waals surface area contributed by atoms with E-state index in [-0.39, 0.29) is 40.0 Å². The Morgan fingerprint density at radius 2 is 2.00 bits per heavy atom. The van der Waals surface area contributed by atoms with Crippen molar-refractivity contribution in [3.05, 3.63) is 94.5 Å². The number of nitrogens with zero attached hydrogens (tertiary/aromatic N) is 4. The maximum absolute atomic E-state index is 13.2. The number of rotatable bonds is 5. The molecule has 0 spiro atoms. The third-order valence-corrected chi connectivity index (χ3v) is 5.28. The normalized spacial score (nSPS) is 11.6. The second-order valence-corrected chi connectivity index (χ2v) is 7.61. The summed E-state index contributed by atoms with van der Waals surface area (Å²) >= 11 is 0. The van der Waals surface area contributed by atoms with Gasteiger partial charge in [-0.15, -0.1) is 0 Å². The number of amides is 1. The Bertz CT molecular complexity index is 1590. The van der Waals surface area contributed by atoms with E-state index < -0.39 is 17.8 Å². The monoisotopic (exact) mass is 480 g/mol. The molecule has 0 atom stereocenters. The molecule has 0 aliphatic carbocycles. The first kappa shape index (κ1) is 22.1.